The number of ether oxygens (including phenoxy) is 6. The average Bonchev–Trinajstić information content (AvgIpc) is 3.89. The molecule has 0 bridgehead atoms. The van der Waals surface area contributed by atoms with Gasteiger partial charge in [0.25, 0.3) is 0 Å². The second-order valence-corrected chi connectivity index (χ2v) is 10.0. The smallest absolute Gasteiger partial charge is 0.333 e. The van der Waals surface area contributed by atoms with E-state index in [4.69, 9.17) is 28.4 Å². The minimum atomic E-state index is -0.325. The fraction of sp³-hybridized carbons (Fsp3) is 0.516. The Morgan fingerprint density at radius 2 is 1.20 bits per heavy atom. The molecule has 216 valence electrons. The summed E-state index contributed by atoms with van der Waals surface area (Å²) in [5.74, 6) is -0.618. The van der Waals surface area contributed by atoms with Crippen LogP contribution in [0.1, 0.15) is 50.5 Å². The van der Waals surface area contributed by atoms with Crippen LogP contribution in [0.5, 0.6) is 0 Å². The molecule has 0 saturated carbocycles. The van der Waals surface area contributed by atoms with Crippen LogP contribution in [0.3, 0.4) is 0 Å². The average molecular weight is 555 g/mol. The summed E-state index contributed by atoms with van der Waals surface area (Å²) < 4.78 is 29.8. The highest BCUT2D eigenvalue weighted by atomic mass is 16.6. The van der Waals surface area contributed by atoms with Crippen molar-refractivity contribution in [3.05, 3.63) is 65.3 Å². The zero-order valence-electron chi connectivity index (χ0n) is 22.8. The van der Waals surface area contributed by atoms with E-state index < -0.39 is 0 Å². The van der Waals surface area contributed by atoms with E-state index in [0.717, 1.165) is 68.4 Å². The molecule has 2 aliphatic carbocycles. The normalized spacial score (nSPS) is 23.8. The summed E-state index contributed by atoms with van der Waals surface area (Å²) >= 11 is 0. The molecular formula is C31H38O9. The molecule has 0 amide bonds. The summed E-state index contributed by atoms with van der Waals surface area (Å²) in [6, 6.07) is 9.62. The molecule has 1 aromatic carbocycles. The molecule has 9 nitrogen and oxygen atoms in total. The molecule has 6 rings (SSSR count). The van der Waals surface area contributed by atoms with E-state index in [2.05, 4.69) is 0 Å². The van der Waals surface area contributed by atoms with Crippen molar-refractivity contribution in [2.24, 2.45) is 0 Å². The van der Waals surface area contributed by atoms with Crippen LogP contribution < -0.4 is 0 Å². The molecule has 0 N–H and O–H groups in total. The number of esters is 3. The Labute approximate surface area is 235 Å². The van der Waals surface area contributed by atoms with E-state index in [1.54, 1.807) is 6.08 Å². The van der Waals surface area contributed by atoms with Crippen molar-refractivity contribution in [1.29, 1.82) is 0 Å². The van der Waals surface area contributed by atoms with Crippen LogP contribution in [0.2, 0.25) is 0 Å². The topological polar surface area (TPSA) is 116 Å². The van der Waals surface area contributed by atoms with Crippen molar-refractivity contribution in [3.8, 4) is 0 Å². The van der Waals surface area contributed by atoms with Crippen LogP contribution >= 0.6 is 0 Å². The Morgan fingerprint density at radius 1 is 0.700 bits per heavy atom. The monoisotopic (exact) mass is 554 g/mol. The van der Waals surface area contributed by atoms with Crippen molar-refractivity contribution in [1.82, 2.24) is 0 Å². The molecule has 40 heavy (non-hydrogen) atoms. The quantitative estimate of drug-likeness (QED) is 0.182. The number of hydrogen-bond acceptors (Lipinski definition) is 9. The number of benzene rings is 1. The van der Waals surface area contributed by atoms with Crippen LogP contribution in [0.4, 0.5) is 0 Å². The summed E-state index contributed by atoms with van der Waals surface area (Å²) in [5, 5.41) is 0. The third kappa shape index (κ3) is 12.3. The van der Waals surface area contributed by atoms with Crippen molar-refractivity contribution in [2.75, 3.05) is 39.6 Å². The number of carbonyl (C=O) groups excluding carboxylic acids is 3. The molecule has 3 unspecified atom stereocenters. The van der Waals surface area contributed by atoms with Crippen LogP contribution in [0.15, 0.2) is 59.7 Å². The zero-order chi connectivity index (χ0) is 28.0. The van der Waals surface area contributed by atoms with Gasteiger partial charge in [0.05, 0.1) is 19.8 Å². The Hall–Kier alpha value is -3.27. The highest BCUT2D eigenvalue weighted by molar-refractivity contribution is 5.89. The van der Waals surface area contributed by atoms with Gasteiger partial charge in [-0.3, -0.25) is 0 Å². The summed E-state index contributed by atoms with van der Waals surface area (Å²) in [4.78, 5) is 33.8. The maximum atomic E-state index is 11.4. The lowest BCUT2D eigenvalue weighted by atomic mass is 10.00. The van der Waals surface area contributed by atoms with Gasteiger partial charge in [0, 0.05) is 17.2 Å². The van der Waals surface area contributed by atoms with Gasteiger partial charge in [0.1, 0.15) is 38.1 Å². The Bertz CT molecular complexity index is 1060. The lowest BCUT2D eigenvalue weighted by Gasteiger charge is -2.11. The molecule has 3 saturated heterocycles. The zero-order valence-corrected chi connectivity index (χ0v) is 22.8. The van der Waals surface area contributed by atoms with E-state index in [0.29, 0.717) is 26.4 Å². The van der Waals surface area contributed by atoms with Crippen molar-refractivity contribution in [3.63, 3.8) is 0 Å². The first kappa shape index (κ1) is 29.7. The predicted octanol–water partition coefficient (Wildman–Crippen LogP) is 4.11. The van der Waals surface area contributed by atoms with Crippen molar-refractivity contribution < 1.29 is 42.8 Å². The van der Waals surface area contributed by atoms with Gasteiger partial charge in [-0.05, 0) is 56.6 Å². The third-order valence-corrected chi connectivity index (χ3v) is 6.49. The molecule has 0 radical (unpaired) electrons. The number of allylic oxidation sites excluding steroid dienone is 2. The van der Waals surface area contributed by atoms with Crippen LogP contribution in [0, 0.1) is 0 Å². The number of hydrogen-bond donors (Lipinski definition) is 0. The first-order valence-corrected chi connectivity index (χ1v) is 14.0. The molecule has 3 atom stereocenters. The van der Waals surface area contributed by atoms with E-state index in [9.17, 15) is 14.4 Å². The van der Waals surface area contributed by atoms with E-state index in [-0.39, 0.29) is 36.2 Å². The molecule has 0 aromatic heterocycles. The van der Waals surface area contributed by atoms with Gasteiger partial charge in [0.15, 0.2) is 0 Å². The second kappa shape index (κ2) is 16.1. The number of carbonyl (C=O) groups is 3. The molecule has 3 heterocycles. The van der Waals surface area contributed by atoms with Gasteiger partial charge in [0.2, 0.25) is 0 Å². The van der Waals surface area contributed by atoms with Gasteiger partial charge < -0.3 is 28.4 Å². The maximum absolute atomic E-state index is 11.4. The summed E-state index contributed by atoms with van der Waals surface area (Å²) in [6.07, 6.45) is 14.8. The highest BCUT2D eigenvalue weighted by Gasteiger charge is 2.26. The highest BCUT2D eigenvalue weighted by Crippen LogP contribution is 2.20. The second-order valence-electron chi connectivity index (χ2n) is 10.0. The van der Waals surface area contributed by atoms with Crippen LogP contribution in [-0.4, -0.2) is 75.9 Å². The van der Waals surface area contributed by atoms with Gasteiger partial charge in [-0.25, -0.2) is 14.4 Å². The number of rotatable bonds is 10. The van der Waals surface area contributed by atoms with Gasteiger partial charge >= 0.3 is 17.9 Å². The van der Waals surface area contributed by atoms with Gasteiger partial charge in [-0.1, -0.05) is 42.5 Å². The Balaban J connectivity index is 0.000000140. The van der Waals surface area contributed by atoms with Crippen LogP contribution in [0.25, 0.3) is 6.08 Å². The molecule has 3 aliphatic heterocycles. The third-order valence-electron chi connectivity index (χ3n) is 6.49. The fourth-order valence-electron chi connectivity index (χ4n) is 3.85. The lowest BCUT2D eigenvalue weighted by molar-refractivity contribution is -0.140. The summed E-state index contributed by atoms with van der Waals surface area (Å²) in [7, 11) is 0. The Kier molecular flexibility index (Phi) is 12.0. The standard InChI is InChI=1S/C12H12O3.C10H14O3.C9H12O3/c13-12(15-9-11-8-14-11)7-6-10-4-2-1-3-5-10;11-10(13-7-9-6-12-9)8-4-2-1-3-5-8;10-9(7-3-1-2-4-7)12-6-8-5-11-8/h1-7,11H,8-9H2;4,9H,1-3,5-7H2;3,8H,1-2,4-6H2/b7-6+;;. The molecule has 1 aromatic rings. The van der Waals surface area contributed by atoms with Crippen molar-refractivity contribution in [2.45, 2.75) is 63.3 Å². The molecule has 0 spiro atoms. The van der Waals surface area contributed by atoms with E-state index >= 15 is 0 Å². The summed E-state index contributed by atoms with van der Waals surface area (Å²) in [6.45, 7) is 3.40. The first-order valence-electron chi connectivity index (χ1n) is 14.0. The van der Waals surface area contributed by atoms with Gasteiger partial charge in [-0.15, -0.1) is 0 Å². The minimum Gasteiger partial charge on any atom is -0.460 e. The molecule has 3 fully saturated rings. The molecule has 5 aliphatic rings. The predicted molar refractivity (Wildman–Crippen MR) is 146 cm³/mol. The molecule has 9 heteroatoms. The Morgan fingerprint density at radius 3 is 1.65 bits per heavy atom. The van der Waals surface area contributed by atoms with Crippen molar-refractivity contribution >= 4 is 24.0 Å². The minimum absolute atomic E-state index is 0.124. The summed E-state index contributed by atoms with van der Waals surface area (Å²) in [5.41, 5.74) is 2.68. The van der Waals surface area contributed by atoms with E-state index in [1.807, 2.05) is 42.5 Å². The first-order chi connectivity index (χ1) is 19.6. The fourth-order valence-corrected chi connectivity index (χ4v) is 3.85. The van der Waals surface area contributed by atoms with E-state index in [1.165, 1.54) is 12.5 Å². The van der Waals surface area contributed by atoms with Gasteiger partial charge in [-0.2, -0.15) is 0 Å². The largest absolute Gasteiger partial charge is 0.460 e. The SMILES string of the molecule is O=C(/C=C/c1ccccc1)OCC1CO1.O=C(OCC1CO1)C1=CCCC1.O=C(OCC1CO1)C1=CCCCC1. The maximum Gasteiger partial charge on any atom is 0.333 e. The lowest BCUT2D eigenvalue weighted by Crippen LogP contribution is -2.13. The number of epoxide rings is 3. The van der Waals surface area contributed by atoms with Crippen LogP contribution in [-0.2, 0) is 42.8 Å². The molecular weight excluding hydrogens is 516 g/mol.